The summed E-state index contributed by atoms with van der Waals surface area (Å²) in [6.45, 7) is 2.56. The maximum absolute atomic E-state index is 10.9. The second-order valence-corrected chi connectivity index (χ2v) is 4.54. The molecule has 114 valence electrons. The van der Waals surface area contributed by atoms with Crippen molar-refractivity contribution in [2.45, 2.75) is 13.0 Å². The van der Waals surface area contributed by atoms with Crippen LogP contribution in [0.5, 0.6) is 0 Å². The molecular formula is C14H20N4O3. The summed E-state index contributed by atoms with van der Waals surface area (Å²) in [7, 11) is 3.29. The van der Waals surface area contributed by atoms with E-state index in [4.69, 9.17) is 10.00 Å². The molecule has 1 aromatic carbocycles. The van der Waals surface area contributed by atoms with Crippen LogP contribution in [-0.2, 0) is 11.3 Å². The van der Waals surface area contributed by atoms with Gasteiger partial charge in [-0.05, 0) is 11.6 Å². The number of nitriles is 1. The van der Waals surface area contributed by atoms with Crippen molar-refractivity contribution in [2.75, 3.05) is 39.2 Å². The molecule has 7 nitrogen and oxygen atoms in total. The molecular weight excluding hydrogens is 272 g/mol. The van der Waals surface area contributed by atoms with Crippen molar-refractivity contribution < 1.29 is 9.66 Å². The number of nitro groups is 1. The lowest BCUT2D eigenvalue weighted by atomic mass is 10.1. The number of ether oxygens (including phenoxy) is 1. The first-order valence-corrected chi connectivity index (χ1v) is 6.65. The molecule has 0 saturated heterocycles. The highest BCUT2D eigenvalue weighted by atomic mass is 16.6. The van der Waals surface area contributed by atoms with Gasteiger partial charge in [-0.3, -0.25) is 15.0 Å². The summed E-state index contributed by atoms with van der Waals surface area (Å²) >= 11 is 0. The van der Waals surface area contributed by atoms with Crippen molar-refractivity contribution in [1.29, 1.82) is 5.26 Å². The van der Waals surface area contributed by atoms with Gasteiger partial charge in [0.2, 0.25) is 0 Å². The maximum Gasteiger partial charge on any atom is 0.292 e. The van der Waals surface area contributed by atoms with Crippen LogP contribution < -0.4 is 5.32 Å². The standard InChI is InChI=1S/C14H20N4O3/c1-16-13-10-12(4-5-14(13)18(19)20)11-17(7-3-6-15)8-9-21-2/h4-5,10,16H,3,7-9,11H2,1-2H3. The number of anilines is 1. The van der Waals surface area contributed by atoms with Gasteiger partial charge in [0, 0.05) is 46.3 Å². The number of nitro benzene ring substituents is 1. The van der Waals surface area contributed by atoms with Gasteiger partial charge in [0.15, 0.2) is 0 Å². The van der Waals surface area contributed by atoms with Gasteiger partial charge in [0.1, 0.15) is 5.69 Å². The molecule has 0 aromatic heterocycles. The van der Waals surface area contributed by atoms with Gasteiger partial charge in [-0.1, -0.05) is 6.07 Å². The molecule has 0 aliphatic rings. The third-order valence-electron chi connectivity index (χ3n) is 3.08. The predicted molar refractivity (Wildman–Crippen MR) is 80.0 cm³/mol. The predicted octanol–water partition coefficient (Wildman–Crippen LogP) is 2.00. The summed E-state index contributed by atoms with van der Waals surface area (Å²) in [5, 5.41) is 22.4. The van der Waals surface area contributed by atoms with Crippen LogP contribution in [0.3, 0.4) is 0 Å². The first-order chi connectivity index (χ1) is 10.1. The lowest BCUT2D eigenvalue weighted by Gasteiger charge is -2.21. The second-order valence-electron chi connectivity index (χ2n) is 4.54. The van der Waals surface area contributed by atoms with Gasteiger partial charge < -0.3 is 10.1 Å². The highest BCUT2D eigenvalue weighted by Crippen LogP contribution is 2.25. The molecule has 1 rings (SSSR count). The van der Waals surface area contributed by atoms with Crippen molar-refractivity contribution >= 4 is 11.4 Å². The minimum absolute atomic E-state index is 0.0571. The molecule has 0 spiro atoms. The zero-order chi connectivity index (χ0) is 15.7. The van der Waals surface area contributed by atoms with Gasteiger partial charge in [0.05, 0.1) is 17.6 Å². The number of methoxy groups -OCH3 is 1. The zero-order valence-electron chi connectivity index (χ0n) is 12.3. The molecule has 0 unspecified atom stereocenters. The Labute approximate surface area is 124 Å². The molecule has 0 heterocycles. The van der Waals surface area contributed by atoms with Crippen LogP contribution in [0, 0.1) is 21.4 Å². The van der Waals surface area contributed by atoms with Crippen LogP contribution in [0.25, 0.3) is 0 Å². The Bertz CT molecular complexity index is 513. The van der Waals surface area contributed by atoms with Crippen LogP contribution in [0.2, 0.25) is 0 Å². The van der Waals surface area contributed by atoms with Crippen LogP contribution in [0.4, 0.5) is 11.4 Å². The SMILES string of the molecule is CNc1cc(CN(CCC#N)CCOC)ccc1[N+](=O)[O-]. The minimum Gasteiger partial charge on any atom is -0.383 e. The van der Waals surface area contributed by atoms with Crippen molar-refractivity contribution in [3.8, 4) is 6.07 Å². The average molecular weight is 292 g/mol. The molecule has 0 aliphatic heterocycles. The van der Waals surface area contributed by atoms with Gasteiger partial charge in [-0.2, -0.15) is 5.26 Å². The number of nitrogens with one attached hydrogen (secondary N) is 1. The topological polar surface area (TPSA) is 91.4 Å². The van der Waals surface area contributed by atoms with E-state index in [1.807, 2.05) is 0 Å². The van der Waals surface area contributed by atoms with Crippen LogP contribution >= 0.6 is 0 Å². The number of rotatable bonds is 9. The summed E-state index contributed by atoms with van der Waals surface area (Å²) in [6.07, 6.45) is 0.440. The normalized spacial score (nSPS) is 10.4. The largest absolute Gasteiger partial charge is 0.383 e. The van der Waals surface area contributed by atoms with Crippen molar-refractivity contribution in [1.82, 2.24) is 4.90 Å². The molecule has 21 heavy (non-hydrogen) atoms. The van der Waals surface area contributed by atoms with Gasteiger partial charge in [-0.15, -0.1) is 0 Å². The summed E-state index contributed by atoms with van der Waals surface area (Å²) in [4.78, 5) is 12.6. The van der Waals surface area contributed by atoms with Gasteiger partial charge in [-0.25, -0.2) is 0 Å². The fraction of sp³-hybridized carbons (Fsp3) is 0.500. The van der Waals surface area contributed by atoms with Crippen molar-refractivity contribution in [2.24, 2.45) is 0 Å². The zero-order valence-corrected chi connectivity index (χ0v) is 12.3. The molecule has 0 fully saturated rings. The molecule has 0 bridgehead atoms. The lowest BCUT2D eigenvalue weighted by molar-refractivity contribution is -0.384. The molecule has 0 amide bonds. The Morgan fingerprint density at radius 2 is 2.24 bits per heavy atom. The first-order valence-electron chi connectivity index (χ1n) is 6.65. The fourth-order valence-corrected chi connectivity index (χ4v) is 2.00. The van der Waals surface area contributed by atoms with Crippen LogP contribution in [-0.4, -0.2) is 43.7 Å². The fourth-order valence-electron chi connectivity index (χ4n) is 2.00. The van der Waals surface area contributed by atoms with E-state index in [1.165, 1.54) is 6.07 Å². The Hall–Kier alpha value is -2.17. The number of hydrogen-bond donors (Lipinski definition) is 1. The maximum atomic E-state index is 10.9. The van der Waals surface area contributed by atoms with Crippen molar-refractivity contribution in [3.63, 3.8) is 0 Å². The molecule has 1 aromatic rings. The minimum atomic E-state index is -0.409. The number of benzene rings is 1. The molecule has 0 aliphatic carbocycles. The molecule has 7 heteroatoms. The van der Waals surface area contributed by atoms with Crippen LogP contribution in [0.15, 0.2) is 18.2 Å². The van der Waals surface area contributed by atoms with E-state index in [0.29, 0.717) is 38.3 Å². The van der Waals surface area contributed by atoms with E-state index in [0.717, 1.165) is 5.56 Å². The molecule has 0 saturated carbocycles. The quantitative estimate of drug-likeness (QED) is 0.553. The number of hydrogen-bond acceptors (Lipinski definition) is 6. The van der Waals surface area contributed by atoms with E-state index in [2.05, 4.69) is 16.3 Å². The molecule has 1 N–H and O–H groups in total. The Morgan fingerprint density at radius 1 is 1.48 bits per heavy atom. The summed E-state index contributed by atoms with van der Waals surface area (Å²) < 4.78 is 5.06. The smallest absolute Gasteiger partial charge is 0.292 e. The van der Waals surface area contributed by atoms with E-state index in [9.17, 15) is 10.1 Å². The summed E-state index contributed by atoms with van der Waals surface area (Å²) in [6, 6.07) is 7.13. The Kier molecular flexibility index (Phi) is 7.15. The van der Waals surface area contributed by atoms with E-state index < -0.39 is 4.92 Å². The monoisotopic (exact) mass is 292 g/mol. The number of nitrogens with zero attached hydrogens (tertiary/aromatic N) is 3. The third-order valence-corrected chi connectivity index (χ3v) is 3.08. The van der Waals surface area contributed by atoms with Crippen LogP contribution in [0.1, 0.15) is 12.0 Å². The Balaban J connectivity index is 2.82. The highest BCUT2D eigenvalue weighted by Gasteiger charge is 2.14. The van der Waals surface area contributed by atoms with Gasteiger partial charge in [0.25, 0.3) is 5.69 Å². The third kappa shape index (κ3) is 5.38. The van der Waals surface area contributed by atoms with Crippen molar-refractivity contribution in [3.05, 3.63) is 33.9 Å². The van der Waals surface area contributed by atoms with E-state index >= 15 is 0 Å². The van der Waals surface area contributed by atoms with E-state index in [-0.39, 0.29) is 5.69 Å². The van der Waals surface area contributed by atoms with E-state index in [1.54, 1.807) is 26.3 Å². The molecule has 0 radical (unpaired) electrons. The average Bonchev–Trinajstić information content (AvgIpc) is 2.49. The lowest BCUT2D eigenvalue weighted by Crippen LogP contribution is -2.28. The summed E-state index contributed by atoms with van der Waals surface area (Å²) in [5.41, 5.74) is 1.50. The summed E-state index contributed by atoms with van der Waals surface area (Å²) in [5.74, 6) is 0. The van der Waals surface area contributed by atoms with Gasteiger partial charge >= 0.3 is 0 Å². The Morgan fingerprint density at radius 3 is 2.81 bits per heavy atom. The second kappa shape index (κ2) is 8.89. The first kappa shape index (κ1) is 16.9. The highest BCUT2D eigenvalue weighted by molar-refractivity contribution is 5.62. The molecule has 0 atom stereocenters.